The van der Waals surface area contributed by atoms with Crippen molar-refractivity contribution in [1.29, 1.82) is 0 Å². The summed E-state index contributed by atoms with van der Waals surface area (Å²) in [7, 11) is 0. The molecule has 1 N–H and O–H groups in total. The second-order valence-corrected chi connectivity index (χ2v) is 7.74. The molecule has 1 amide bonds. The molecule has 138 valence electrons. The van der Waals surface area contributed by atoms with Crippen LogP contribution in [-0.2, 0) is 11.2 Å². The van der Waals surface area contributed by atoms with Crippen LogP contribution in [-0.4, -0.2) is 21.9 Å². The maximum Gasteiger partial charge on any atom is 0.277 e. The molecular weight excluding hydrogens is 382 g/mol. The number of amides is 1. The maximum atomic E-state index is 12.4. The second-order valence-electron chi connectivity index (χ2n) is 6.38. The number of nitrogens with zero attached hydrogens (tertiary/aromatic N) is 2. The Kier molecular flexibility index (Phi) is 5.45. The molecule has 5 nitrogen and oxygen atoms in total. The highest BCUT2D eigenvalue weighted by Crippen LogP contribution is 2.30. The van der Waals surface area contributed by atoms with Gasteiger partial charge in [-0.15, -0.1) is 10.2 Å². The van der Waals surface area contributed by atoms with E-state index in [9.17, 15) is 4.79 Å². The average molecular weight is 400 g/mol. The van der Waals surface area contributed by atoms with Gasteiger partial charge in [-0.05, 0) is 54.7 Å². The molecule has 7 heteroatoms. The number of nitrogens with one attached hydrogen (secondary N) is 1. The highest BCUT2D eigenvalue weighted by atomic mass is 35.5. The number of benzene rings is 2. The van der Waals surface area contributed by atoms with E-state index in [2.05, 4.69) is 27.6 Å². The molecule has 0 saturated heterocycles. The summed E-state index contributed by atoms with van der Waals surface area (Å²) in [4.78, 5) is 12.4. The van der Waals surface area contributed by atoms with Crippen LogP contribution in [0.2, 0.25) is 5.02 Å². The minimum absolute atomic E-state index is 0.0343. The van der Waals surface area contributed by atoms with Crippen LogP contribution in [0.3, 0.4) is 0 Å². The van der Waals surface area contributed by atoms with Gasteiger partial charge in [0.05, 0.1) is 11.8 Å². The molecule has 1 aromatic heterocycles. The van der Waals surface area contributed by atoms with E-state index in [4.69, 9.17) is 16.0 Å². The van der Waals surface area contributed by atoms with Crippen LogP contribution in [0.15, 0.2) is 58.2 Å². The van der Waals surface area contributed by atoms with Crippen LogP contribution < -0.4 is 5.32 Å². The van der Waals surface area contributed by atoms with Gasteiger partial charge >= 0.3 is 0 Å². The number of rotatable bonds is 5. The fourth-order valence-corrected chi connectivity index (χ4v) is 3.94. The number of aryl methyl sites for hydroxylation is 1. The molecule has 1 heterocycles. The van der Waals surface area contributed by atoms with Crippen molar-refractivity contribution in [2.75, 3.05) is 5.75 Å². The number of aromatic nitrogens is 2. The Morgan fingerprint density at radius 1 is 1.19 bits per heavy atom. The van der Waals surface area contributed by atoms with Gasteiger partial charge in [0.1, 0.15) is 0 Å². The third kappa shape index (κ3) is 4.34. The van der Waals surface area contributed by atoms with Gasteiger partial charge in [0.15, 0.2) is 0 Å². The first-order valence-electron chi connectivity index (χ1n) is 8.78. The summed E-state index contributed by atoms with van der Waals surface area (Å²) >= 11 is 7.12. The lowest BCUT2D eigenvalue weighted by molar-refractivity contribution is -0.119. The van der Waals surface area contributed by atoms with Crippen LogP contribution in [0, 0.1) is 0 Å². The molecule has 0 fully saturated rings. The fourth-order valence-electron chi connectivity index (χ4n) is 3.24. The predicted octanol–water partition coefficient (Wildman–Crippen LogP) is 4.68. The third-order valence-electron chi connectivity index (χ3n) is 4.53. The fraction of sp³-hybridized carbons (Fsp3) is 0.250. The zero-order valence-electron chi connectivity index (χ0n) is 14.5. The van der Waals surface area contributed by atoms with Gasteiger partial charge < -0.3 is 9.73 Å². The zero-order chi connectivity index (χ0) is 18.6. The van der Waals surface area contributed by atoms with E-state index in [-0.39, 0.29) is 17.7 Å². The highest BCUT2D eigenvalue weighted by molar-refractivity contribution is 7.99. The first-order chi connectivity index (χ1) is 13.2. The van der Waals surface area contributed by atoms with Crippen LogP contribution >= 0.6 is 23.4 Å². The summed E-state index contributed by atoms with van der Waals surface area (Å²) in [6.45, 7) is 0. The van der Waals surface area contributed by atoms with Gasteiger partial charge in [0.2, 0.25) is 11.8 Å². The van der Waals surface area contributed by atoms with Crippen molar-refractivity contribution in [2.45, 2.75) is 30.5 Å². The Labute approximate surface area is 166 Å². The van der Waals surface area contributed by atoms with Crippen LogP contribution in [0.5, 0.6) is 0 Å². The SMILES string of the molecule is O=C(CSc1nnc(-c2ccc(Cl)cc2)o1)NC1CCCc2ccccc21. The summed E-state index contributed by atoms with van der Waals surface area (Å²) in [5.74, 6) is 0.615. The molecule has 27 heavy (non-hydrogen) atoms. The highest BCUT2D eigenvalue weighted by Gasteiger charge is 2.21. The smallest absolute Gasteiger partial charge is 0.277 e. The lowest BCUT2D eigenvalue weighted by Gasteiger charge is -2.26. The summed E-state index contributed by atoms with van der Waals surface area (Å²) in [5, 5.41) is 12.2. The minimum atomic E-state index is -0.0343. The van der Waals surface area contributed by atoms with Crippen molar-refractivity contribution in [2.24, 2.45) is 0 Å². The standard InChI is InChI=1S/C20H18ClN3O2S/c21-15-10-8-14(9-11-15)19-23-24-20(26-19)27-12-18(25)22-17-7-3-5-13-4-1-2-6-16(13)17/h1-2,4,6,8-11,17H,3,5,7,12H2,(H,22,25). The van der Waals surface area contributed by atoms with E-state index in [1.54, 1.807) is 12.1 Å². The second kappa shape index (κ2) is 8.15. The average Bonchev–Trinajstić information content (AvgIpc) is 3.16. The van der Waals surface area contributed by atoms with Crippen LogP contribution in [0.4, 0.5) is 0 Å². The molecule has 0 radical (unpaired) electrons. The van der Waals surface area contributed by atoms with E-state index >= 15 is 0 Å². The molecule has 4 rings (SSSR count). The molecule has 3 aromatic rings. The Balaban J connectivity index is 1.34. The first-order valence-corrected chi connectivity index (χ1v) is 10.1. The number of fused-ring (bicyclic) bond motifs is 1. The monoisotopic (exact) mass is 399 g/mol. The van der Waals surface area contributed by atoms with Crippen LogP contribution in [0.1, 0.15) is 30.0 Å². The third-order valence-corrected chi connectivity index (χ3v) is 5.60. The number of hydrogen-bond donors (Lipinski definition) is 1. The summed E-state index contributed by atoms with van der Waals surface area (Å²) in [6.07, 6.45) is 3.13. The van der Waals surface area contributed by atoms with E-state index in [0.717, 1.165) is 24.8 Å². The van der Waals surface area contributed by atoms with Gasteiger partial charge in [0.25, 0.3) is 5.22 Å². The lowest BCUT2D eigenvalue weighted by Crippen LogP contribution is -2.32. The number of carbonyl (C=O) groups is 1. The lowest BCUT2D eigenvalue weighted by atomic mass is 9.88. The van der Waals surface area contributed by atoms with Gasteiger partial charge in [0, 0.05) is 10.6 Å². The molecule has 0 aliphatic heterocycles. The largest absolute Gasteiger partial charge is 0.411 e. The predicted molar refractivity (Wildman–Crippen MR) is 106 cm³/mol. The van der Waals surface area contributed by atoms with Gasteiger partial charge in [-0.1, -0.05) is 47.6 Å². The Morgan fingerprint density at radius 3 is 2.85 bits per heavy atom. The first kappa shape index (κ1) is 18.1. The molecule has 2 aromatic carbocycles. The van der Waals surface area contributed by atoms with Gasteiger partial charge in [-0.3, -0.25) is 4.79 Å². The Morgan fingerprint density at radius 2 is 2.00 bits per heavy atom. The van der Waals surface area contributed by atoms with Crippen molar-refractivity contribution in [3.8, 4) is 11.5 Å². The summed E-state index contributed by atoms with van der Waals surface area (Å²) < 4.78 is 5.62. The molecule has 1 aliphatic carbocycles. The molecular formula is C20H18ClN3O2S. The Hall–Kier alpha value is -2.31. The van der Waals surface area contributed by atoms with E-state index in [1.807, 2.05) is 24.3 Å². The normalized spacial score (nSPS) is 16.0. The van der Waals surface area contributed by atoms with Crippen molar-refractivity contribution in [3.63, 3.8) is 0 Å². The zero-order valence-corrected chi connectivity index (χ0v) is 16.1. The summed E-state index contributed by atoms with van der Waals surface area (Å²) in [5.41, 5.74) is 3.35. The number of carbonyl (C=O) groups excluding carboxylic acids is 1. The maximum absolute atomic E-state index is 12.4. The molecule has 1 unspecified atom stereocenters. The van der Waals surface area contributed by atoms with Crippen LogP contribution in [0.25, 0.3) is 11.5 Å². The summed E-state index contributed by atoms with van der Waals surface area (Å²) in [6, 6.07) is 15.6. The topological polar surface area (TPSA) is 68.0 Å². The van der Waals surface area contributed by atoms with E-state index < -0.39 is 0 Å². The molecule has 0 spiro atoms. The van der Waals surface area contributed by atoms with E-state index in [0.29, 0.717) is 16.1 Å². The number of hydrogen-bond acceptors (Lipinski definition) is 5. The Bertz CT molecular complexity index is 942. The molecule has 0 bridgehead atoms. The molecule has 1 aliphatic rings. The van der Waals surface area contributed by atoms with Crippen molar-refractivity contribution in [3.05, 3.63) is 64.7 Å². The van der Waals surface area contributed by atoms with E-state index in [1.165, 1.54) is 22.9 Å². The number of thioether (sulfide) groups is 1. The molecule has 1 atom stereocenters. The van der Waals surface area contributed by atoms with Crippen molar-refractivity contribution in [1.82, 2.24) is 15.5 Å². The quantitative estimate of drug-likeness (QED) is 0.631. The molecule has 0 saturated carbocycles. The van der Waals surface area contributed by atoms with Gasteiger partial charge in [-0.25, -0.2) is 0 Å². The number of halogens is 1. The minimum Gasteiger partial charge on any atom is -0.411 e. The van der Waals surface area contributed by atoms with Gasteiger partial charge in [-0.2, -0.15) is 0 Å². The van der Waals surface area contributed by atoms with Crippen molar-refractivity contribution < 1.29 is 9.21 Å². The van der Waals surface area contributed by atoms with Crippen molar-refractivity contribution >= 4 is 29.3 Å².